The summed E-state index contributed by atoms with van der Waals surface area (Å²) >= 11 is 6.50. The molecule has 0 bridgehead atoms. The van der Waals surface area contributed by atoms with Crippen LogP contribution in [-0.4, -0.2) is 44.1 Å². The Hall–Kier alpha value is -2.52. The van der Waals surface area contributed by atoms with Crippen molar-refractivity contribution in [2.45, 2.75) is 19.3 Å². The summed E-state index contributed by atoms with van der Waals surface area (Å²) in [6.45, 7) is 0.919. The molecule has 0 unspecified atom stereocenters. The molecule has 0 saturated carbocycles. The van der Waals surface area contributed by atoms with Gasteiger partial charge in [0, 0.05) is 37.8 Å². The number of hydrogen-bond acceptors (Lipinski definition) is 5. The largest absolute Gasteiger partial charge is 0.356 e. The molecule has 2 heterocycles. The lowest BCUT2D eigenvalue weighted by Crippen LogP contribution is -2.31. The summed E-state index contributed by atoms with van der Waals surface area (Å²) in [5, 5.41) is 2.84. The number of carbonyl (C=O) groups excluding carboxylic acids is 2. The lowest BCUT2D eigenvalue weighted by atomic mass is 10.2. The van der Waals surface area contributed by atoms with Crippen molar-refractivity contribution in [2.75, 3.05) is 13.1 Å². The van der Waals surface area contributed by atoms with Crippen LogP contribution in [0.4, 0.5) is 4.39 Å². The predicted octanol–water partition coefficient (Wildman–Crippen LogP) is 2.89. The Kier molecular flexibility index (Phi) is 6.94. The van der Waals surface area contributed by atoms with Gasteiger partial charge in [0.1, 0.15) is 10.1 Å². The number of hydrogen-bond donors (Lipinski definition) is 2. The maximum absolute atomic E-state index is 13.0. The van der Waals surface area contributed by atoms with Crippen LogP contribution >= 0.6 is 24.0 Å². The second-order valence-corrected chi connectivity index (χ2v) is 7.84. The number of nitrogens with one attached hydrogen (secondary N) is 2. The van der Waals surface area contributed by atoms with Crippen LogP contribution in [0.2, 0.25) is 0 Å². The number of aromatic amines is 1. The molecule has 2 aromatic rings. The zero-order chi connectivity index (χ0) is 19.9. The van der Waals surface area contributed by atoms with Crippen molar-refractivity contribution in [1.29, 1.82) is 0 Å². The van der Waals surface area contributed by atoms with Crippen molar-refractivity contribution >= 4 is 46.2 Å². The van der Waals surface area contributed by atoms with E-state index < -0.39 is 0 Å². The van der Waals surface area contributed by atoms with Gasteiger partial charge < -0.3 is 10.3 Å². The Bertz CT molecular complexity index is 882. The summed E-state index contributed by atoms with van der Waals surface area (Å²) in [5.41, 5.74) is 1.70. The van der Waals surface area contributed by atoms with E-state index in [2.05, 4.69) is 15.3 Å². The second kappa shape index (κ2) is 9.61. The summed E-state index contributed by atoms with van der Waals surface area (Å²) in [7, 11) is 0. The fraction of sp³-hybridized carbons (Fsp3) is 0.263. The zero-order valence-corrected chi connectivity index (χ0v) is 16.6. The molecule has 2 amide bonds. The average Bonchev–Trinajstić information content (AvgIpc) is 3.27. The highest BCUT2D eigenvalue weighted by atomic mass is 32.2. The first-order chi connectivity index (χ1) is 13.5. The third-order valence-corrected chi connectivity index (χ3v) is 5.48. The summed E-state index contributed by atoms with van der Waals surface area (Å²) in [6, 6.07) is 5.90. The first kappa shape index (κ1) is 20.2. The van der Waals surface area contributed by atoms with Gasteiger partial charge in [-0.3, -0.25) is 14.5 Å². The van der Waals surface area contributed by atoms with Gasteiger partial charge in [0.2, 0.25) is 5.91 Å². The molecule has 0 atom stereocenters. The van der Waals surface area contributed by atoms with Crippen LogP contribution in [0.3, 0.4) is 0 Å². The van der Waals surface area contributed by atoms with Gasteiger partial charge in [-0.05, 0) is 30.2 Å². The van der Waals surface area contributed by atoms with Crippen LogP contribution in [0.5, 0.6) is 0 Å². The molecule has 1 fully saturated rings. The Morgan fingerprint density at radius 1 is 1.36 bits per heavy atom. The highest BCUT2D eigenvalue weighted by molar-refractivity contribution is 8.26. The van der Waals surface area contributed by atoms with E-state index in [1.165, 1.54) is 28.8 Å². The van der Waals surface area contributed by atoms with Gasteiger partial charge >= 0.3 is 0 Å². The van der Waals surface area contributed by atoms with Crippen LogP contribution in [0, 0.1) is 5.82 Å². The quantitative estimate of drug-likeness (QED) is 0.509. The van der Waals surface area contributed by atoms with Crippen molar-refractivity contribution in [3.05, 3.63) is 58.8 Å². The van der Waals surface area contributed by atoms with E-state index in [1.807, 2.05) is 0 Å². The number of thiocarbonyl (C=S) groups is 1. The minimum Gasteiger partial charge on any atom is -0.356 e. The van der Waals surface area contributed by atoms with E-state index in [1.54, 1.807) is 30.7 Å². The molecule has 2 N–H and O–H groups in total. The number of rotatable bonds is 8. The fourth-order valence-corrected chi connectivity index (χ4v) is 3.96. The van der Waals surface area contributed by atoms with Gasteiger partial charge in [0.25, 0.3) is 5.91 Å². The number of amides is 2. The molecule has 146 valence electrons. The van der Waals surface area contributed by atoms with Crippen LogP contribution in [0.15, 0.2) is 41.7 Å². The van der Waals surface area contributed by atoms with Gasteiger partial charge in [-0.25, -0.2) is 9.37 Å². The molecular weight excluding hydrogens is 399 g/mol. The minimum absolute atomic E-state index is 0.0631. The molecule has 9 heteroatoms. The van der Waals surface area contributed by atoms with Crippen molar-refractivity contribution in [3.8, 4) is 0 Å². The van der Waals surface area contributed by atoms with E-state index in [9.17, 15) is 14.0 Å². The number of nitrogens with zero attached hydrogens (tertiary/aromatic N) is 2. The van der Waals surface area contributed by atoms with Crippen molar-refractivity contribution < 1.29 is 14.0 Å². The molecule has 0 spiro atoms. The molecular formula is C19H19FN4O2S2. The molecule has 1 saturated heterocycles. The summed E-state index contributed by atoms with van der Waals surface area (Å²) in [6.07, 6.45) is 6.55. The van der Waals surface area contributed by atoms with Gasteiger partial charge in [-0.2, -0.15) is 0 Å². The zero-order valence-electron chi connectivity index (χ0n) is 15.0. The van der Waals surface area contributed by atoms with Crippen molar-refractivity contribution in [2.24, 2.45) is 0 Å². The van der Waals surface area contributed by atoms with Crippen molar-refractivity contribution in [1.82, 2.24) is 20.2 Å². The normalized spacial score (nSPS) is 15.5. The highest BCUT2D eigenvalue weighted by Crippen LogP contribution is 2.32. The molecule has 1 aliphatic rings. The standard InChI is InChI=1S/C19H19FN4O2S2/c20-14-5-3-13(4-6-14)10-16-18(26)24(19(27)28-16)9-1-2-17(25)22-8-7-15-11-21-12-23-15/h3-6,10-12H,1-2,7-9H2,(H,21,23)(H,22,25). The van der Waals surface area contributed by atoms with Crippen LogP contribution < -0.4 is 5.32 Å². The second-order valence-electron chi connectivity index (χ2n) is 6.17. The third kappa shape index (κ3) is 5.49. The van der Waals surface area contributed by atoms with E-state index >= 15 is 0 Å². The molecule has 0 radical (unpaired) electrons. The molecule has 1 aliphatic heterocycles. The van der Waals surface area contributed by atoms with Crippen LogP contribution in [0.25, 0.3) is 6.08 Å². The lowest BCUT2D eigenvalue weighted by molar-refractivity contribution is -0.123. The van der Waals surface area contributed by atoms with Gasteiger partial charge in [0.05, 0.1) is 11.2 Å². The molecule has 6 nitrogen and oxygen atoms in total. The van der Waals surface area contributed by atoms with Gasteiger partial charge in [-0.15, -0.1) is 0 Å². The molecule has 1 aromatic heterocycles. The maximum atomic E-state index is 13.0. The Morgan fingerprint density at radius 2 is 2.14 bits per heavy atom. The molecule has 28 heavy (non-hydrogen) atoms. The van der Waals surface area contributed by atoms with Crippen LogP contribution in [-0.2, 0) is 16.0 Å². The van der Waals surface area contributed by atoms with Gasteiger partial charge in [-0.1, -0.05) is 36.1 Å². The third-order valence-electron chi connectivity index (χ3n) is 4.10. The number of carbonyl (C=O) groups is 2. The Balaban J connectivity index is 1.44. The van der Waals surface area contributed by atoms with Crippen LogP contribution in [0.1, 0.15) is 24.1 Å². The Morgan fingerprint density at radius 3 is 2.86 bits per heavy atom. The number of imidazole rings is 1. The van der Waals surface area contributed by atoms with E-state index in [0.29, 0.717) is 41.6 Å². The summed E-state index contributed by atoms with van der Waals surface area (Å²) in [4.78, 5) is 33.4. The highest BCUT2D eigenvalue weighted by Gasteiger charge is 2.31. The molecule has 0 aliphatic carbocycles. The minimum atomic E-state index is -0.326. The number of halogens is 1. The predicted molar refractivity (Wildman–Crippen MR) is 111 cm³/mol. The number of aromatic nitrogens is 2. The first-order valence-electron chi connectivity index (χ1n) is 8.78. The fourth-order valence-electron chi connectivity index (χ4n) is 2.65. The molecule has 3 rings (SSSR count). The monoisotopic (exact) mass is 418 g/mol. The van der Waals surface area contributed by atoms with Gasteiger partial charge in [0.15, 0.2) is 0 Å². The Labute approximate surface area is 171 Å². The topological polar surface area (TPSA) is 78.1 Å². The first-order valence-corrected chi connectivity index (χ1v) is 10.0. The SMILES string of the molecule is O=C(CCCN1C(=O)C(=Cc2ccc(F)cc2)SC1=S)NCCc1cnc[nH]1. The molecule has 1 aromatic carbocycles. The lowest BCUT2D eigenvalue weighted by Gasteiger charge is -2.14. The summed E-state index contributed by atoms with van der Waals surface area (Å²) < 4.78 is 13.5. The van der Waals surface area contributed by atoms with E-state index in [0.717, 1.165) is 11.3 Å². The smallest absolute Gasteiger partial charge is 0.266 e. The average molecular weight is 419 g/mol. The maximum Gasteiger partial charge on any atom is 0.266 e. The number of thioether (sulfide) groups is 1. The van der Waals surface area contributed by atoms with E-state index in [-0.39, 0.29) is 17.6 Å². The number of H-pyrrole nitrogens is 1. The summed E-state index contributed by atoms with van der Waals surface area (Å²) in [5.74, 6) is -0.571. The number of benzene rings is 1. The van der Waals surface area contributed by atoms with Crippen molar-refractivity contribution in [3.63, 3.8) is 0 Å². The van der Waals surface area contributed by atoms with E-state index in [4.69, 9.17) is 12.2 Å².